The Labute approximate surface area is 208 Å². The molecule has 0 aliphatic heterocycles. The Morgan fingerprint density at radius 2 is 0.788 bits per heavy atom. The van der Waals surface area contributed by atoms with Gasteiger partial charge in [-0.05, 0) is 54.4 Å². The predicted molar refractivity (Wildman–Crippen MR) is 150 cm³/mol. The van der Waals surface area contributed by atoms with Crippen LogP contribution in [0.2, 0.25) is 0 Å². The molecule has 206 valence electrons. The maximum absolute atomic E-state index is 7.62. The number of ether oxygens (including phenoxy) is 2. The molecule has 0 saturated heterocycles. The number of rotatable bonds is 9. The van der Waals surface area contributed by atoms with Gasteiger partial charge in [0.2, 0.25) is 0 Å². The molecule has 0 aromatic rings. The lowest BCUT2D eigenvalue weighted by atomic mass is 10.4. The fraction of sp³-hybridized carbons (Fsp3) is 0.704. The van der Waals surface area contributed by atoms with Crippen LogP contribution in [0, 0.1) is 0 Å². The molecule has 33 heavy (non-hydrogen) atoms. The van der Waals surface area contributed by atoms with E-state index in [1.807, 2.05) is 41.5 Å². The van der Waals surface area contributed by atoms with E-state index >= 15 is 0 Å². The molecule has 0 atom stereocenters. The first-order valence-electron chi connectivity index (χ1n) is 11.7. The summed E-state index contributed by atoms with van der Waals surface area (Å²) >= 11 is 0. The second-order valence-electron chi connectivity index (χ2n) is 5.27. The van der Waals surface area contributed by atoms with Gasteiger partial charge in [0.05, 0.1) is 26.4 Å². The highest BCUT2D eigenvalue weighted by Crippen LogP contribution is 1.88. The molecule has 0 rings (SSSR count). The van der Waals surface area contributed by atoms with Gasteiger partial charge in [-0.3, -0.25) is 0 Å². The van der Waals surface area contributed by atoms with Crippen LogP contribution >= 0.6 is 0 Å². The minimum atomic E-state index is -0.125. The second kappa shape index (κ2) is 110. The summed E-state index contributed by atoms with van der Waals surface area (Å²) in [5, 5.41) is 30.5. The van der Waals surface area contributed by atoms with E-state index in [9.17, 15) is 0 Å². The normalized spacial score (nSPS) is 7.03. The van der Waals surface area contributed by atoms with E-state index in [1.54, 1.807) is 24.3 Å². The number of aliphatic hydroxyl groups excluding tert-OH is 4. The Morgan fingerprint density at radius 3 is 0.909 bits per heavy atom. The fourth-order valence-electron chi connectivity index (χ4n) is 0.697. The third-order valence-corrected chi connectivity index (χ3v) is 1.60. The zero-order valence-electron chi connectivity index (χ0n) is 23.5. The number of allylic oxidation sites excluding steroid dienone is 4. The molecule has 0 aromatic carbocycles. The van der Waals surface area contributed by atoms with E-state index in [2.05, 4.69) is 40.2 Å². The van der Waals surface area contributed by atoms with Gasteiger partial charge in [-0.2, -0.15) is 0 Å². The standard InChI is InChI=1S/C7H16O.C4H10O.4C3H6.2C2H6O2/c1-3-5-7-8-6-4-2;1-3-5-4-2;4*1-3-2;2*3-1-2-4/h3-7H2,1-2H3;3-4H2,1-2H3;4*3H,1H2,2H3;2*3-4H,1-2H2. The van der Waals surface area contributed by atoms with Crippen LogP contribution in [0.25, 0.3) is 0 Å². The Hall–Kier alpha value is -1.28. The molecule has 0 bridgehead atoms. The number of unbranched alkanes of at least 4 members (excludes halogenated alkanes) is 1. The first-order valence-corrected chi connectivity index (χ1v) is 11.7. The molecule has 4 N–H and O–H groups in total. The minimum absolute atomic E-state index is 0.125. The van der Waals surface area contributed by atoms with E-state index in [-0.39, 0.29) is 26.4 Å². The maximum Gasteiger partial charge on any atom is 0.0662 e. The topological polar surface area (TPSA) is 99.4 Å². The molecule has 0 heterocycles. The second-order valence-corrected chi connectivity index (χ2v) is 5.27. The molecule has 6 nitrogen and oxygen atoms in total. The lowest BCUT2D eigenvalue weighted by Crippen LogP contribution is -1.93. The highest BCUT2D eigenvalue weighted by Gasteiger charge is 1.81. The van der Waals surface area contributed by atoms with Crippen LogP contribution in [0.3, 0.4) is 0 Å². The van der Waals surface area contributed by atoms with Gasteiger partial charge >= 0.3 is 0 Å². The zero-order valence-corrected chi connectivity index (χ0v) is 23.5. The first kappa shape index (κ1) is 53.2. The molecule has 0 spiro atoms. The number of hydrogen-bond donors (Lipinski definition) is 4. The minimum Gasteiger partial charge on any atom is -0.394 e. The van der Waals surface area contributed by atoms with Crippen molar-refractivity contribution < 1.29 is 29.9 Å². The monoisotopic (exact) mass is 482 g/mol. The summed E-state index contributed by atoms with van der Waals surface area (Å²) < 4.78 is 10.1. The van der Waals surface area contributed by atoms with Gasteiger partial charge in [-0.15, -0.1) is 26.3 Å². The highest BCUT2D eigenvalue weighted by molar-refractivity contribution is 4.52. The molecular weight excluding hydrogens is 420 g/mol. The van der Waals surface area contributed by atoms with Crippen molar-refractivity contribution in [2.45, 2.75) is 74.7 Å². The van der Waals surface area contributed by atoms with Crippen molar-refractivity contribution in [1.82, 2.24) is 0 Å². The summed E-state index contributed by atoms with van der Waals surface area (Å²) in [7, 11) is 0. The Morgan fingerprint density at radius 1 is 0.515 bits per heavy atom. The van der Waals surface area contributed by atoms with Gasteiger partial charge in [-0.1, -0.05) is 44.6 Å². The predicted octanol–water partition coefficient (Wildman–Crippen LogP) is 5.97. The van der Waals surface area contributed by atoms with Crippen LogP contribution in [0.5, 0.6) is 0 Å². The molecule has 0 radical (unpaired) electrons. The Balaban J connectivity index is -0.0000000374. The van der Waals surface area contributed by atoms with Crippen molar-refractivity contribution in [2.24, 2.45) is 0 Å². The molecule has 0 fully saturated rings. The maximum atomic E-state index is 7.62. The van der Waals surface area contributed by atoms with Gasteiger partial charge < -0.3 is 29.9 Å². The quantitative estimate of drug-likeness (QED) is 0.239. The fourth-order valence-corrected chi connectivity index (χ4v) is 0.697. The average molecular weight is 483 g/mol. The molecule has 0 aromatic heterocycles. The molecular formula is C27H62O6. The lowest BCUT2D eigenvalue weighted by molar-refractivity contribution is 0.132. The summed E-state index contributed by atoms with van der Waals surface area (Å²) in [5.74, 6) is 0. The van der Waals surface area contributed by atoms with Crippen molar-refractivity contribution in [3.63, 3.8) is 0 Å². The summed E-state index contributed by atoms with van der Waals surface area (Å²) in [6.07, 6.45) is 10.6. The molecule has 6 heteroatoms. The van der Waals surface area contributed by atoms with E-state index in [0.717, 1.165) is 32.8 Å². The summed E-state index contributed by atoms with van der Waals surface area (Å²) in [6, 6.07) is 0. The van der Waals surface area contributed by atoms with Crippen LogP contribution in [-0.4, -0.2) is 73.3 Å². The number of aliphatic hydroxyl groups is 4. The third kappa shape index (κ3) is 425. The van der Waals surface area contributed by atoms with Crippen molar-refractivity contribution in [2.75, 3.05) is 52.9 Å². The van der Waals surface area contributed by atoms with Crippen LogP contribution in [0.4, 0.5) is 0 Å². The summed E-state index contributed by atoms with van der Waals surface area (Å²) in [4.78, 5) is 0. The van der Waals surface area contributed by atoms with E-state index in [4.69, 9.17) is 29.9 Å². The van der Waals surface area contributed by atoms with Crippen LogP contribution < -0.4 is 0 Å². The lowest BCUT2D eigenvalue weighted by Gasteiger charge is -1.97. The SMILES string of the molecule is C=CC.C=CC.C=CC.C=CC.CCCCOCCC.CCOCC.OCCO.OCCO. The molecule has 0 aliphatic carbocycles. The van der Waals surface area contributed by atoms with Crippen molar-refractivity contribution >= 4 is 0 Å². The van der Waals surface area contributed by atoms with Crippen molar-refractivity contribution in [3.8, 4) is 0 Å². The zero-order chi connectivity index (χ0) is 28.0. The molecule has 0 saturated carbocycles. The van der Waals surface area contributed by atoms with E-state index in [1.165, 1.54) is 12.8 Å². The van der Waals surface area contributed by atoms with E-state index < -0.39 is 0 Å². The van der Waals surface area contributed by atoms with Gasteiger partial charge in [0, 0.05) is 26.4 Å². The smallest absolute Gasteiger partial charge is 0.0662 e. The summed E-state index contributed by atoms with van der Waals surface area (Å²) in [6.45, 7) is 32.4. The average Bonchev–Trinajstić information content (AvgIpc) is 2.80. The van der Waals surface area contributed by atoms with Gasteiger partial charge in [-0.25, -0.2) is 0 Å². The summed E-state index contributed by atoms with van der Waals surface area (Å²) in [5.41, 5.74) is 0. The van der Waals surface area contributed by atoms with E-state index in [0.29, 0.717) is 0 Å². The largest absolute Gasteiger partial charge is 0.394 e. The van der Waals surface area contributed by atoms with Gasteiger partial charge in [0.25, 0.3) is 0 Å². The molecule has 0 aliphatic rings. The van der Waals surface area contributed by atoms with Gasteiger partial charge in [0.15, 0.2) is 0 Å². The molecule has 0 amide bonds. The van der Waals surface area contributed by atoms with Gasteiger partial charge in [0.1, 0.15) is 0 Å². The highest BCUT2D eigenvalue weighted by atomic mass is 16.5. The van der Waals surface area contributed by atoms with Crippen molar-refractivity contribution in [3.05, 3.63) is 50.6 Å². The Kier molecular flexibility index (Phi) is 177. The first-order chi connectivity index (χ1) is 15.8. The van der Waals surface area contributed by atoms with Crippen LogP contribution in [0.1, 0.15) is 74.7 Å². The third-order valence-electron chi connectivity index (χ3n) is 1.60. The van der Waals surface area contributed by atoms with Crippen LogP contribution in [-0.2, 0) is 9.47 Å². The number of hydrogen-bond acceptors (Lipinski definition) is 6. The van der Waals surface area contributed by atoms with Crippen LogP contribution in [0.15, 0.2) is 50.6 Å². The van der Waals surface area contributed by atoms with Crippen molar-refractivity contribution in [1.29, 1.82) is 0 Å². The molecule has 0 unspecified atom stereocenters. The Bertz CT molecular complexity index is 207.